The van der Waals surface area contributed by atoms with Gasteiger partial charge >= 0.3 is 0 Å². The highest BCUT2D eigenvalue weighted by atomic mass is 32.2. The van der Waals surface area contributed by atoms with Crippen LogP contribution in [0.5, 0.6) is 0 Å². The van der Waals surface area contributed by atoms with Crippen LogP contribution >= 0.6 is 0 Å². The molecule has 2 amide bonds. The van der Waals surface area contributed by atoms with Gasteiger partial charge in [-0.3, -0.25) is 9.59 Å². The standard InChI is InChI=1S/C14H18F2N4O4S/c15-14(16,7-17)8-19-13(22)9-4-12(21)20(6-9)10-2-1-3-11(5-10)25(18,23)24/h1-3,5,9H,4,6-8,17H2,(H,19,22)(H2,18,23,24). The normalized spacial score (nSPS) is 18.5. The summed E-state index contributed by atoms with van der Waals surface area (Å²) >= 11 is 0. The van der Waals surface area contributed by atoms with Crippen LogP contribution in [0.4, 0.5) is 14.5 Å². The molecular formula is C14H18F2N4O4S. The molecule has 11 heteroatoms. The minimum Gasteiger partial charge on any atom is -0.350 e. The molecule has 1 aromatic carbocycles. The fraction of sp³-hybridized carbons (Fsp3) is 0.429. The lowest BCUT2D eigenvalue weighted by atomic mass is 10.1. The molecule has 1 aliphatic rings. The Kier molecular flexibility index (Phi) is 5.40. The molecule has 1 atom stereocenters. The molecular weight excluding hydrogens is 358 g/mol. The third kappa shape index (κ3) is 4.71. The summed E-state index contributed by atoms with van der Waals surface area (Å²) in [6.45, 7) is -1.86. The quantitative estimate of drug-likeness (QED) is 0.609. The number of anilines is 1. The fourth-order valence-electron chi connectivity index (χ4n) is 2.39. The maximum absolute atomic E-state index is 13.1. The van der Waals surface area contributed by atoms with E-state index in [0.29, 0.717) is 0 Å². The van der Waals surface area contributed by atoms with Gasteiger partial charge in [-0.1, -0.05) is 6.07 Å². The Morgan fingerprint density at radius 3 is 2.68 bits per heavy atom. The maximum atomic E-state index is 13.1. The highest BCUT2D eigenvalue weighted by molar-refractivity contribution is 7.89. The molecule has 8 nitrogen and oxygen atoms in total. The van der Waals surface area contributed by atoms with E-state index in [9.17, 15) is 26.8 Å². The lowest BCUT2D eigenvalue weighted by molar-refractivity contribution is -0.127. The highest BCUT2D eigenvalue weighted by Gasteiger charge is 2.36. The first-order valence-corrected chi connectivity index (χ1v) is 8.87. The number of carbonyl (C=O) groups is 2. The van der Waals surface area contributed by atoms with Gasteiger partial charge in [-0.05, 0) is 18.2 Å². The number of carbonyl (C=O) groups excluding carboxylic acids is 2. The first-order valence-electron chi connectivity index (χ1n) is 7.32. The molecule has 1 unspecified atom stereocenters. The van der Waals surface area contributed by atoms with E-state index >= 15 is 0 Å². The zero-order valence-electron chi connectivity index (χ0n) is 13.1. The van der Waals surface area contributed by atoms with Gasteiger partial charge in [-0.2, -0.15) is 0 Å². The number of sulfonamides is 1. The van der Waals surface area contributed by atoms with Gasteiger partial charge in [0, 0.05) is 18.7 Å². The van der Waals surface area contributed by atoms with Gasteiger partial charge in [0.1, 0.15) is 0 Å². The zero-order valence-corrected chi connectivity index (χ0v) is 13.9. The van der Waals surface area contributed by atoms with Crippen molar-refractivity contribution in [1.82, 2.24) is 5.32 Å². The molecule has 1 saturated heterocycles. The van der Waals surface area contributed by atoms with Crippen LogP contribution in [0.3, 0.4) is 0 Å². The van der Waals surface area contributed by atoms with Crippen molar-refractivity contribution < 1.29 is 26.8 Å². The van der Waals surface area contributed by atoms with E-state index in [-0.39, 0.29) is 23.5 Å². The van der Waals surface area contributed by atoms with Crippen molar-refractivity contribution in [2.45, 2.75) is 17.2 Å². The maximum Gasteiger partial charge on any atom is 0.277 e. The van der Waals surface area contributed by atoms with Crippen LogP contribution in [0.15, 0.2) is 29.2 Å². The van der Waals surface area contributed by atoms with Crippen molar-refractivity contribution in [2.24, 2.45) is 16.8 Å². The number of alkyl halides is 2. The van der Waals surface area contributed by atoms with Gasteiger partial charge in [-0.15, -0.1) is 0 Å². The lowest BCUT2D eigenvalue weighted by Crippen LogP contribution is -2.44. The Morgan fingerprint density at radius 1 is 1.40 bits per heavy atom. The first kappa shape index (κ1) is 19.2. The van der Waals surface area contributed by atoms with E-state index in [0.717, 1.165) is 0 Å². The predicted molar refractivity (Wildman–Crippen MR) is 85.3 cm³/mol. The number of nitrogens with one attached hydrogen (secondary N) is 1. The summed E-state index contributed by atoms with van der Waals surface area (Å²) in [5, 5.41) is 7.13. The fourth-order valence-corrected chi connectivity index (χ4v) is 2.95. The highest BCUT2D eigenvalue weighted by Crippen LogP contribution is 2.27. The molecule has 1 fully saturated rings. The minimum atomic E-state index is -3.94. The molecule has 0 aliphatic carbocycles. The SMILES string of the molecule is NCC(F)(F)CNC(=O)C1CC(=O)N(c2cccc(S(N)(=O)=O)c2)C1. The van der Waals surface area contributed by atoms with Gasteiger partial charge in [0.25, 0.3) is 5.92 Å². The van der Waals surface area contributed by atoms with E-state index in [1.165, 1.54) is 29.2 Å². The van der Waals surface area contributed by atoms with E-state index < -0.39 is 46.8 Å². The second-order valence-electron chi connectivity index (χ2n) is 5.73. The van der Waals surface area contributed by atoms with Crippen molar-refractivity contribution >= 4 is 27.5 Å². The van der Waals surface area contributed by atoms with Crippen molar-refractivity contribution in [3.8, 4) is 0 Å². The lowest BCUT2D eigenvalue weighted by Gasteiger charge is -2.18. The average Bonchev–Trinajstić information content (AvgIpc) is 2.94. The number of nitrogens with zero attached hydrogens (tertiary/aromatic N) is 1. The molecule has 0 spiro atoms. The van der Waals surface area contributed by atoms with Crippen molar-refractivity contribution in [3.63, 3.8) is 0 Å². The van der Waals surface area contributed by atoms with Crippen LogP contribution in [-0.4, -0.2) is 45.8 Å². The molecule has 25 heavy (non-hydrogen) atoms. The van der Waals surface area contributed by atoms with Crippen molar-refractivity contribution in [3.05, 3.63) is 24.3 Å². The Labute approximate surface area is 143 Å². The largest absolute Gasteiger partial charge is 0.350 e. The van der Waals surface area contributed by atoms with E-state index in [1.807, 2.05) is 0 Å². The van der Waals surface area contributed by atoms with Crippen LogP contribution in [0, 0.1) is 5.92 Å². The van der Waals surface area contributed by atoms with Crippen LogP contribution in [-0.2, 0) is 19.6 Å². The Balaban J connectivity index is 2.09. The molecule has 1 aromatic rings. The van der Waals surface area contributed by atoms with E-state index in [4.69, 9.17) is 10.9 Å². The van der Waals surface area contributed by atoms with Crippen LogP contribution in [0.1, 0.15) is 6.42 Å². The predicted octanol–water partition coefficient (Wildman–Crippen LogP) is -0.603. The van der Waals surface area contributed by atoms with Crippen molar-refractivity contribution in [2.75, 3.05) is 24.5 Å². The number of hydrogen-bond acceptors (Lipinski definition) is 5. The summed E-state index contributed by atoms with van der Waals surface area (Å²) < 4.78 is 49.0. The third-order valence-electron chi connectivity index (χ3n) is 3.77. The van der Waals surface area contributed by atoms with Gasteiger partial charge < -0.3 is 16.0 Å². The molecule has 1 heterocycles. The summed E-state index contributed by atoms with van der Waals surface area (Å²) in [5.74, 6) is -5.15. The third-order valence-corrected chi connectivity index (χ3v) is 4.68. The first-order chi connectivity index (χ1) is 11.5. The molecule has 2 rings (SSSR count). The molecule has 5 N–H and O–H groups in total. The van der Waals surface area contributed by atoms with E-state index in [2.05, 4.69) is 5.32 Å². The number of amides is 2. The number of benzene rings is 1. The number of nitrogens with two attached hydrogens (primary N) is 2. The summed E-state index contributed by atoms with van der Waals surface area (Å²) in [6.07, 6.45) is -0.167. The number of primary sulfonamides is 1. The molecule has 0 radical (unpaired) electrons. The van der Waals surface area contributed by atoms with Gasteiger partial charge in [0.15, 0.2) is 0 Å². The molecule has 1 aliphatic heterocycles. The van der Waals surface area contributed by atoms with Crippen molar-refractivity contribution in [1.29, 1.82) is 0 Å². The van der Waals surface area contributed by atoms with Crippen LogP contribution < -0.4 is 21.1 Å². The Morgan fingerprint density at radius 2 is 2.08 bits per heavy atom. The molecule has 0 bridgehead atoms. The summed E-state index contributed by atoms with van der Waals surface area (Å²) in [5.41, 5.74) is 5.16. The van der Waals surface area contributed by atoms with Gasteiger partial charge in [0.05, 0.1) is 23.9 Å². The summed E-state index contributed by atoms with van der Waals surface area (Å²) in [4.78, 5) is 25.1. The number of rotatable bonds is 6. The number of hydrogen-bond donors (Lipinski definition) is 3. The Hall–Kier alpha value is -2.11. The van der Waals surface area contributed by atoms with Crippen LogP contribution in [0.25, 0.3) is 0 Å². The Bertz CT molecular complexity index is 785. The molecule has 138 valence electrons. The second-order valence-corrected chi connectivity index (χ2v) is 7.29. The van der Waals surface area contributed by atoms with E-state index in [1.54, 1.807) is 0 Å². The average molecular weight is 376 g/mol. The minimum absolute atomic E-state index is 0.0487. The topological polar surface area (TPSA) is 136 Å². The summed E-state index contributed by atoms with van der Waals surface area (Å²) in [6, 6.07) is 5.40. The monoisotopic (exact) mass is 376 g/mol. The van der Waals surface area contributed by atoms with Gasteiger partial charge in [-0.25, -0.2) is 22.3 Å². The second kappa shape index (κ2) is 7.02. The smallest absolute Gasteiger partial charge is 0.277 e. The number of halogens is 2. The van der Waals surface area contributed by atoms with Gasteiger partial charge in [0.2, 0.25) is 21.8 Å². The zero-order chi connectivity index (χ0) is 18.8. The molecule has 0 aromatic heterocycles. The van der Waals surface area contributed by atoms with Crippen LogP contribution in [0.2, 0.25) is 0 Å². The molecule has 0 saturated carbocycles. The summed E-state index contributed by atoms with van der Waals surface area (Å²) in [7, 11) is -3.94.